The predicted octanol–water partition coefficient (Wildman–Crippen LogP) is 4.37. The van der Waals surface area contributed by atoms with Crippen LogP contribution in [-0.4, -0.2) is 0 Å². The molecule has 3 aromatic rings. The maximum Gasteiger partial charge on any atom is 0 e. The first-order valence-electron chi connectivity index (χ1n) is 7.63. The van der Waals surface area contributed by atoms with Gasteiger partial charge >= 0.3 is 0 Å². The zero-order chi connectivity index (χ0) is 15.5. The SMILES string of the molecule is Cc1cccc(P(c2cccc(C)c2)c2cccc(C)c2)c1.[Pd]. The average Bonchev–Trinajstić information content (AvgIpc) is 2.48. The first-order chi connectivity index (χ1) is 10.6. The van der Waals surface area contributed by atoms with E-state index in [4.69, 9.17) is 0 Å². The number of hydrogen-bond acceptors (Lipinski definition) is 0. The van der Waals surface area contributed by atoms with Gasteiger partial charge in [0.15, 0.2) is 0 Å². The molecule has 2 heteroatoms. The van der Waals surface area contributed by atoms with E-state index >= 15 is 0 Å². The van der Waals surface area contributed by atoms with Crippen LogP contribution in [0.5, 0.6) is 0 Å². The van der Waals surface area contributed by atoms with Crippen LogP contribution in [0.15, 0.2) is 72.8 Å². The van der Waals surface area contributed by atoms with Crippen molar-refractivity contribution in [2.24, 2.45) is 0 Å². The van der Waals surface area contributed by atoms with Crippen molar-refractivity contribution in [1.29, 1.82) is 0 Å². The molecule has 0 spiro atoms. The molecular weight excluding hydrogens is 390 g/mol. The molecule has 0 aliphatic heterocycles. The third kappa shape index (κ3) is 4.39. The average molecular weight is 411 g/mol. The maximum atomic E-state index is 2.33. The van der Waals surface area contributed by atoms with Crippen molar-refractivity contribution in [3.8, 4) is 0 Å². The Kier molecular flexibility index (Phi) is 6.32. The fraction of sp³-hybridized carbons (Fsp3) is 0.143. The maximum absolute atomic E-state index is 2.33. The van der Waals surface area contributed by atoms with Gasteiger partial charge < -0.3 is 0 Å². The van der Waals surface area contributed by atoms with E-state index in [1.165, 1.54) is 32.6 Å². The van der Waals surface area contributed by atoms with Crippen LogP contribution in [0.3, 0.4) is 0 Å². The Morgan fingerprint density at radius 2 is 0.826 bits per heavy atom. The second-order valence-corrected chi connectivity index (χ2v) is 8.07. The van der Waals surface area contributed by atoms with Gasteiger partial charge in [-0.05, 0) is 44.6 Å². The summed E-state index contributed by atoms with van der Waals surface area (Å²) in [7, 11) is -0.495. The topological polar surface area (TPSA) is 0 Å². The van der Waals surface area contributed by atoms with E-state index < -0.39 is 7.92 Å². The third-order valence-electron chi connectivity index (χ3n) is 3.78. The molecule has 3 rings (SSSR count). The van der Waals surface area contributed by atoms with E-state index in [2.05, 4.69) is 93.6 Å². The van der Waals surface area contributed by atoms with Gasteiger partial charge in [0.2, 0.25) is 0 Å². The van der Waals surface area contributed by atoms with Crippen molar-refractivity contribution in [2.75, 3.05) is 0 Å². The minimum atomic E-state index is -0.495. The molecule has 0 aromatic heterocycles. The van der Waals surface area contributed by atoms with Gasteiger partial charge in [0.25, 0.3) is 0 Å². The number of rotatable bonds is 3. The number of aryl methyl sites for hydroxylation is 3. The fourth-order valence-electron chi connectivity index (χ4n) is 2.75. The molecule has 0 aliphatic rings. The second-order valence-electron chi connectivity index (χ2n) is 5.85. The van der Waals surface area contributed by atoms with E-state index in [0.29, 0.717) is 0 Å². The Hall–Kier alpha value is -1.25. The Bertz CT molecular complexity index is 687. The van der Waals surface area contributed by atoms with Crippen LogP contribution >= 0.6 is 7.92 Å². The summed E-state index contributed by atoms with van der Waals surface area (Å²) in [5.74, 6) is 0. The predicted molar refractivity (Wildman–Crippen MR) is 99.4 cm³/mol. The van der Waals surface area contributed by atoms with Crippen LogP contribution in [0.1, 0.15) is 16.7 Å². The van der Waals surface area contributed by atoms with Crippen LogP contribution < -0.4 is 15.9 Å². The van der Waals surface area contributed by atoms with E-state index in [0.717, 1.165) is 0 Å². The normalized spacial score (nSPS) is 10.4. The summed E-state index contributed by atoms with van der Waals surface area (Å²) in [6, 6.07) is 26.8. The standard InChI is InChI=1S/C21H21P.Pd/c1-16-7-4-10-19(13-16)22(20-11-5-8-17(2)14-20)21-12-6-9-18(3)15-21;/h4-15H,1-3H3;. The van der Waals surface area contributed by atoms with E-state index in [-0.39, 0.29) is 20.4 Å². The molecule has 0 nitrogen and oxygen atoms in total. The molecule has 0 heterocycles. The number of benzene rings is 3. The largest absolute Gasteiger partial charge is 0.0613 e. The molecule has 23 heavy (non-hydrogen) atoms. The molecule has 3 aromatic carbocycles. The number of hydrogen-bond donors (Lipinski definition) is 0. The van der Waals surface area contributed by atoms with Gasteiger partial charge in [-0.15, -0.1) is 0 Å². The van der Waals surface area contributed by atoms with Crippen LogP contribution in [0.4, 0.5) is 0 Å². The zero-order valence-electron chi connectivity index (χ0n) is 13.7. The van der Waals surface area contributed by atoms with Crippen LogP contribution in [0, 0.1) is 20.8 Å². The van der Waals surface area contributed by atoms with Crippen LogP contribution in [0.2, 0.25) is 0 Å². The van der Waals surface area contributed by atoms with Gasteiger partial charge in [-0.2, -0.15) is 0 Å². The molecule has 0 aliphatic carbocycles. The minimum Gasteiger partial charge on any atom is -0.0613 e. The van der Waals surface area contributed by atoms with E-state index in [1.807, 2.05) is 0 Å². The summed E-state index contributed by atoms with van der Waals surface area (Å²) in [6.45, 7) is 6.51. The van der Waals surface area contributed by atoms with Crippen LogP contribution in [0.25, 0.3) is 0 Å². The van der Waals surface area contributed by atoms with Crippen molar-refractivity contribution >= 4 is 23.8 Å². The van der Waals surface area contributed by atoms with Gasteiger partial charge in [-0.25, -0.2) is 0 Å². The van der Waals surface area contributed by atoms with E-state index in [1.54, 1.807) is 0 Å². The van der Waals surface area contributed by atoms with Gasteiger partial charge in [-0.1, -0.05) is 89.5 Å². The molecule has 0 saturated heterocycles. The van der Waals surface area contributed by atoms with Crippen molar-refractivity contribution in [3.05, 3.63) is 89.5 Å². The monoisotopic (exact) mass is 410 g/mol. The molecule has 0 radical (unpaired) electrons. The summed E-state index contributed by atoms with van der Waals surface area (Å²) >= 11 is 0. The van der Waals surface area contributed by atoms with E-state index in [9.17, 15) is 0 Å². The van der Waals surface area contributed by atoms with Gasteiger partial charge in [0.1, 0.15) is 0 Å². The quantitative estimate of drug-likeness (QED) is 0.444. The molecule has 0 bridgehead atoms. The molecule has 0 saturated carbocycles. The Balaban J connectivity index is 0.00000192. The first-order valence-corrected chi connectivity index (χ1v) is 8.98. The summed E-state index contributed by atoms with van der Waals surface area (Å²) in [5, 5.41) is 4.27. The Labute approximate surface area is 154 Å². The molecular formula is C21H21PPd. The van der Waals surface area contributed by atoms with Crippen molar-refractivity contribution in [3.63, 3.8) is 0 Å². The minimum absolute atomic E-state index is 0. The molecule has 0 N–H and O–H groups in total. The smallest absolute Gasteiger partial charge is 0 e. The fourth-order valence-corrected chi connectivity index (χ4v) is 5.35. The first kappa shape index (κ1) is 18.1. The Morgan fingerprint density at radius 3 is 1.09 bits per heavy atom. The van der Waals surface area contributed by atoms with Crippen molar-refractivity contribution in [2.45, 2.75) is 20.8 Å². The Morgan fingerprint density at radius 1 is 0.522 bits per heavy atom. The zero-order valence-corrected chi connectivity index (χ0v) is 16.1. The van der Waals surface area contributed by atoms with Crippen molar-refractivity contribution in [1.82, 2.24) is 0 Å². The summed E-state index contributed by atoms with van der Waals surface area (Å²) in [5.41, 5.74) is 3.97. The molecule has 0 fully saturated rings. The molecule has 0 atom stereocenters. The van der Waals surface area contributed by atoms with Gasteiger partial charge in [0, 0.05) is 20.4 Å². The van der Waals surface area contributed by atoms with Crippen molar-refractivity contribution < 1.29 is 20.4 Å². The molecule has 0 unspecified atom stereocenters. The van der Waals surface area contributed by atoms with Gasteiger partial charge in [0.05, 0.1) is 0 Å². The van der Waals surface area contributed by atoms with Crippen LogP contribution in [-0.2, 0) is 20.4 Å². The summed E-state index contributed by atoms with van der Waals surface area (Å²) in [6.07, 6.45) is 0. The summed E-state index contributed by atoms with van der Waals surface area (Å²) < 4.78 is 0. The summed E-state index contributed by atoms with van der Waals surface area (Å²) in [4.78, 5) is 0. The molecule has 120 valence electrons. The molecule has 0 amide bonds. The second kappa shape index (κ2) is 8.03. The van der Waals surface area contributed by atoms with Gasteiger partial charge in [-0.3, -0.25) is 0 Å². The third-order valence-corrected chi connectivity index (χ3v) is 6.16.